The lowest BCUT2D eigenvalue weighted by Gasteiger charge is -2.40. The fraction of sp³-hybridized carbons (Fsp3) is 0.263. The van der Waals surface area contributed by atoms with E-state index in [1.807, 2.05) is 36.4 Å². The summed E-state index contributed by atoms with van der Waals surface area (Å²) in [5, 5.41) is 12.6. The van der Waals surface area contributed by atoms with Gasteiger partial charge in [-0.1, -0.05) is 42.3 Å². The predicted octanol–water partition coefficient (Wildman–Crippen LogP) is 3.95. The van der Waals surface area contributed by atoms with E-state index in [1.54, 1.807) is 12.1 Å². The summed E-state index contributed by atoms with van der Waals surface area (Å²) >= 11 is 6.08. The molecular weight excluding hydrogens is 308 g/mol. The van der Waals surface area contributed by atoms with Crippen LogP contribution < -0.4 is 5.32 Å². The molecule has 0 saturated heterocycles. The number of nitriles is 1. The molecule has 1 saturated carbocycles. The van der Waals surface area contributed by atoms with E-state index >= 15 is 0 Å². The average molecular weight is 325 g/mol. The summed E-state index contributed by atoms with van der Waals surface area (Å²) in [5.74, 6) is 0.0355. The molecule has 2 aromatic rings. The molecule has 3 rings (SSSR count). The largest absolute Gasteiger partial charge is 0.351 e. The number of hydrogen-bond donors (Lipinski definition) is 1. The summed E-state index contributed by atoms with van der Waals surface area (Å²) in [4.78, 5) is 12.8. The van der Waals surface area contributed by atoms with E-state index in [0.717, 1.165) is 30.4 Å². The number of halogens is 1. The van der Waals surface area contributed by atoms with Crippen molar-refractivity contribution < 1.29 is 4.79 Å². The van der Waals surface area contributed by atoms with E-state index in [0.29, 0.717) is 17.1 Å². The first-order valence-electron chi connectivity index (χ1n) is 7.67. The Hall–Kier alpha value is -2.31. The van der Waals surface area contributed by atoms with Gasteiger partial charge in [0.15, 0.2) is 0 Å². The van der Waals surface area contributed by atoms with E-state index in [2.05, 4.69) is 11.4 Å². The number of benzene rings is 2. The van der Waals surface area contributed by atoms with Gasteiger partial charge in [0.2, 0.25) is 5.91 Å². The first-order chi connectivity index (χ1) is 11.1. The van der Waals surface area contributed by atoms with Gasteiger partial charge in [0.25, 0.3) is 0 Å². The fourth-order valence-electron chi connectivity index (χ4n) is 3.07. The monoisotopic (exact) mass is 324 g/mol. The molecule has 1 aliphatic carbocycles. The highest BCUT2D eigenvalue weighted by atomic mass is 35.5. The third-order valence-corrected chi connectivity index (χ3v) is 4.76. The summed E-state index contributed by atoms with van der Waals surface area (Å²) in [5.41, 5.74) is 2.06. The van der Waals surface area contributed by atoms with Crippen molar-refractivity contribution in [2.24, 2.45) is 0 Å². The van der Waals surface area contributed by atoms with Crippen molar-refractivity contribution in [2.45, 2.75) is 31.2 Å². The van der Waals surface area contributed by atoms with Crippen LogP contribution in [0, 0.1) is 11.3 Å². The number of amides is 1. The van der Waals surface area contributed by atoms with Crippen molar-refractivity contribution in [1.29, 1.82) is 5.26 Å². The molecule has 0 aliphatic heterocycles. The highest BCUT2D eigenvalue weighted by Gasteiger charge is 2.45. The van der Waals surface area contributed by atoms with Crippen LogP contribution in [0.2, 0.25) is 5.02 Å². The SMILES string of the molecule is N#Cc1cccc(CNC(=O)C2(c3cccc(Cl)c3)CCC2)c1. The fourth-order valence-corrected chi connectivity index (χ4v) is 3.26. The average Bonchev–Trinajstić information content (AvgIpc) is 2.52. The minimum absolute atomic E-state index is 0.0355. The van der Waals surface area contributed by atoms with Gasteiger partial charge < -0.3 is 5.32 Å². The zero-order chi connectivity index (χ0) is 16.3. The molecule has 0 radical (unpaired) electrons. The van der Waals surface area contributed by atoms with Crippen LogP contribution in [-0.2, 0) is 16.8 Å². The Bertz CT molecular complexity index is 775. The van der Waals surface area contributed by atoms with Gasteiger partial charge in [-0.15, -0.1) is 0 Å². The van der Waals surface area contributed by atoms with E-state index in [1.165, 1.54) is 0 Å². The maximum atomic E-state index is 12.8. The molecule has 0 spiro atoms. The molecule has 0 unspecified atom stereocenters. The van der Waals surface area contributed by atoms with E-state index in [-0.39, 0.29) is 5.91 Å². The Labute approximate surface area is 140 Å². The molecule has 3 nitrogen and oxygen atoms in total. The van der Waals surface area contributed by atoms with Gasteiger partial charge in [0.1, 0.15) is 0 Å². The molecule has 0 aromatic heterocycles. The summed E-state index contributed by atoms with van der Waals surface area (Å²) in [6.45, 7) is 0.427. The molecular formula is C19H17ClN2O. The lowest BCUT2D eigenvalue weighted by molar-refractivity contribution is -0.130. The standard InChI is InChI=1S/C19H17ClN2O/c20-17-7-2-6-16(11-17)19(8-3-9-19)18(23)22-13-15-5-1-4-14(10-15)12-21/h1-2,4-7,10-11H,3,8-9,13H2,(H,22,23). The zero-order valence-corrected chi connectivity index (χ0v) is 13.4. The number of carbonyl (C=O) groups excluding carboxylic acids is 1. The third-order valence-electron chi connectivity index (χ3n) is 4.53. The number of nitrogens with zero attached hydrogens (tertiary/aromatic N) is 1. The van der Waals surface area contributed by atoms with Gasteiger partial charge in [-0.2, -0.15) is 5.26 Å². The minimum atomic E-state index is -0.461. The van der Waals surface area contributed by atoms with Gasteiger partial charge in [-0.05, 0) is 48.2 Å². The lowest BCUT2D eigenvalue weighted by atomic mass is 9.64. The van der Waals surface area contributed by atoms with Crippen LogP contribution >= 0.6 is 11.6 Å². The molecule has 1 N–H and O–H groups in total. The quantitative estimate of drug-likeness (QED) is 0.925. The molecule has 0 atom stereocenters. The summed E-state index contributed by atoms with van der Waals surface area (Å²) in [6, 6.07) is 17.0. The molecule has 1 aliphatic rings. The normalized spacial score (nSPS) is 15.3. The highest BCUT2D eigenvalue weighted by molar-refractivity contribution is 6.30. The van der Waals surface area contributed by atoms with Gasteiger partial charge >= 0.3 is 0 Å². The highest BCUT2D eigenvalue weighted by Crippen LogP contribution is 2.44. The third kappa shape index (κ3) is 3.09. The van der Waals surface area contributed by atoms with E-state index in [9.17, 15) is 4.79 Å². The molecule has 0 heterocycles. The summed E-state index contributed by atoms with van der Waals surface area (Å²) < 4.78 is 0. The van der Waals surface area contributed by atoms with Crippen molar-refractivity contribution in [2.75, 3.05) is 0 Å². The van der Waals surface area contributed by atoms with Crippen LogP contribution in [0.5, 0.6) is 0 Å². The lowest BCUT2D eigenvalue weighted by Crippen LogP contribution is -2.49. The van der Waals surface area contributed by atoms with Crippen LogP contribution in [0.4, 0.5) is 0 Å². The molecule has 1 fully saturated rings. The second-order valence-corrected chi connectivity index (χ2v) is 6.38. The molecule has 2 aromatic carbocycles. The Morgan fingerprint density at radius 1 is 1.22 bits per heavy atom. The van der Waals surface area contributed by atoms with Crippen LogP contribution in [0.1, 0.15) is 36.0 Å². The smallest absolute Gasteiger partial charge is 0.230 e. The van der Waals surface area contributed by atoms with Crippen LogP contribution in [0.15, 0.2) is 48.5 Å². The van der Waals surface area contributed by atoms with Crippen LogP contribution in [0.25, 0.3) is 0 Å². The topological polar surface area (TPSA) is 52.9 Å². The van der Waals surface area contributed by atoms with E-state index < -0.39 is 5.41 Å². The molecule has 116 valence electrons. The Morgan fingerprint density at radius 2 is 2.00 bits per heavy atom. The Morgan fingerprint density at radius 3 is 2.65 bits per heavy atom. The van der Waals surface area contributed by atoms with Crippen LogP contribution in [0.3, 0.4) is 0 Å². The van der Waals surface area contributed by atoms with Crippen molar-refractivity contribution in [3.8, 4) is 6.07 Å². The second-order valence-electron chi connectivity index (χ2n) is 5.94. The van der Waals surface area contributed by atoms with Crippen molar-refractivity contribution in [1.82, 2.24) is 5.32 Å². The minimum Gasteiger partial charge on any atom is -0.351 e. The first-order valence-corrected chi connectivity index (χ1v) is 8.05. The Kier molecular flexibility index (Phi) is 4.36. The second kappa shape index (κ2) is 6.44. The predicted molar refractivity (Wildman–Crippen MR) is 90.0 cm³/mol. The zero-order valence-electron chi connectivity index (χ0n) is 12.7. The molecule has 1 amide bonds. The first kappa shape index (κ1) is 15.6. The maximum Gasteiger partial charge on any atom is 0.230 e. The van der Waals surface area contributed by atoms with Crippen molar-refractivity contribution >= 4 is 17.5 Å². The van der Waals surface area contributed by atoms with Crippen molar-refractivity contribution in [3.05, 3.63) is 70.2 Å². The molecule has 4 heteroatoms. The molecule has 23 heavy (non-hydrogen) atoms. The summed E-state index contributed by atoms with van der Waals surface area (Å²) in [6.07, 6.45) is 2.73. The number of rotatable bonds is 4. The van der Waals surface area contributed by atoms with Gasteiger partial charge in [-0.25, -0.2) is 0 Å². The number of hydrogen-bond acceptors (Lipinski definition) is 2. The van der Waals surface area contributed by atoms with E-state index in [4.69, 9.17) is 16.9 Å². The molecule has 0 bridgehead atoms. The van der Waals surface area contributed by atoms with Gasteiger partial charge in [-0.3, -0.25) is 4.79 Å². The van der Waals surface area contributed by atoms with Gasteiger partial charge in [0, 0.05) is 11.6 Å². The van der Waals surface area contributed by atoms with Gasteiger partial charge in [0.05, 0.1) is 17.0 Å². The Balaban J connectivity index is 1.75. The maximum absolute atomic E-state index is 12.8. The number of carbonyl (C=O) groups is 1. The summed E-state index contributed by atoms with van der Waals surface area (Å²) in [7, 11) is 0. The number of nitrogens with one attached hydrogen (secondary N) is 1. The van der Waals surface area contributed by atoms with Crippen molar-refractivity contribution in [3.63, 3.8) is 0 Å². The van der Waals surface area contributed by atoms with Crippen LogP contribution in [-0.4, -0.2) is 5.91 Å².